The number of carbonyl (C=O) groups excluding carboxylic acids is 1. The first kappa shape index (κ1) is 15.7. The second-order valence-electron chi connectivity index (χ2n) is 5.42. The molecule has 1 aliphatic rings. The summed E-state index contributed by atoms with van der Waals surface area (Å²) in [5.74, 6) is 0.792. The summed E-state index contributed by atoms with van der Waals surface area (Å²) in [6.45, 7) is 0.793. The van der Waals surface area contributed by atoms with Crippen molar-refractivity contribution >= 4 is 17.7 Å². The lowest BCUT2D eigenvalue weighted by Gasteiger charge is -2.08. The summed E-state index contributed by atoms with van der Waals surface area (Å²) in [6.07, 6.45) is 5.69. The molecule has 0 spiro atoms. The van der Waals surface area contributed by atoms with Gasteiger partial charge in [-0.1, -0.05) is 0 Å². The maximum atomic E-state index is 11.8. The van der Waals surface area contributed by atoms with Gasteiger partial charge in [0.2, 0.25) is 5.91 Å². The van der Waals surface area contributed by atoms with Crippen LogP contribution in [0.2, 0.25) is 0 Å². The predicted octanol–water partition coefficient (Wildman–Crippen LogP) is 1.42. The number of hydrogen-bond donors (Lipinski definition) is 1. The van der Waals surface area contributed by atoms with Gasteiger partial charge in [-0.05, 0) is 31.0 Å². The molecule has 1 N–H and O–H groups in total. The molecular formula is C16H18N4O2S. The smallest absolute Gasteiger partial charge is 0.266 e. The zero-order valence-corrected chi connectivity index (χ0v) is 13.5. The number of rotatable bonds is 7. The van der Waals surface area contributed by atoms with Gasteiger partial charge in [0.15, 0.2) is 0 Å². The molecule has 2 aromatic heterocycles. The molecule has 0 aromatic carbocycles. The van der Waals surface area contributed by atoms with Crippen LogP contribution in [0.5, 0.6) is 0 Å². The van der Waals surface area contributed by atoms with Crippen molar-refractivity contribution in [2.24, 2.45) is 0 Å². The zero-order chi connectivity index (χ0) is 16.1. The van der Waals surface area contributed by atoms with E-state index < -0.39 is 0 Å². The van der Waals surface area contributed by atoms with Crippen LogP contribution in [-0.4, -0.2) is 33.0 Å². The second kappa shape index (κ2) is 7.41. The van der Waals surface area contributed by atoms with Crippen molar-refractivity contribution in [1.29, 1.82) is 0 Å². The second-order valence-corrected chi connectivity index (χ2v) is 6.46. The summed E-state index contributed by atoms with van der Waals surface area (Å²) in [5, 5.41) is 7.18. The third kappa shape index (κ3) is 4.66. The highest BCUT2D eigenvalue weighted by atomic mass is 32.2. The van der Waals surface area contributed by atoms with Gasteiger partial charge in [-0.25, -0.2) is 4.68 Å². The van der Waals surface area contributed by atoms with E-state index in [0.717, 1.165) is 23.4 Å². The lowest BCUT2D eigenvalue weighted by atomic mass is 10.3. The predicted molar refractivity (Wildman–Crippen MR) is 88.4 cm³/mol. The van der Waals surface area contributed by atoms with Crippen LogP contribution in [0.3, 0.4) is 0 Å². The van der Waals surface area contributed by atoms with Crippen LogP contribution in [-0.2, 0) is 11.3 Å². The first-order valence-electron chi connectivity index (χ1n) is 7.60. The first-order valence-corrected chi connectivity index (χ1v) is 8.58. The maximum Gasteiger partial charge on any atom is 0.266 e. The van der Waals surface area contributed by atoms with Crippen molar-refractivity contribution in [3.8, 4) is 0 Å². The normalized spacial score (nSPS) is 13.7. The number of nitrogens with zero attached hydrogens (tertiary/aromatic N) is 3. The molecule has 3 rings (SSSR count). The average Bonchev–Trinajstić information content (AvgIpc) is 3.41. The fourth-order valence-corrected chi connectivity index (χ4v) is 2.87. The van der Waals surface area contributed by atoms with Crippen LogP contribution in [0.4, 0.5) is 0 Å². The average molecular weight is 330 g/mol. The Hall–Kier alpha value is -2.15. The van der Waals surface area contributed by atoms with E-state index >= 15 is 0 Å². The number of nitrogens with one attached hydrogen (secondary N) is 1. The van der Waals surface area contributed by atoms with Crippen LogP contribution in [0.1, 0.15) is 24.5 Å². The molecule has 1 aliphatic carbocycles. The van der Waals surface area contributed by atoms with Gasteiger partial charge in [0, 0.05) is 35.8 Å². The summed E-state index contributed by atoms with van der Waals surface area (Å²) in [6, 6.07) is 7.10. The van der Waals surface area contributed by atoms with E-state index in [0.29, 0.717) is 24.8 Å². The lowest BCUT2D eigenvalue weighted by Crippen LogP contribution is -2.33. The highest BCUT2D eigenvalue weighted by molar-refractivity contribution is 8.00. The Labute approximate surface area is 138 Å². The van der Waals surface area contributed by atoms with E-state index in [-0.39, 0.29) is 11.5 Å². The Bertz CT molecular complexity index is 728. The molecule has 0 bridgehead atoms. The number of thioether (sulfide) groups is 1. The Kier molecular flexibility index (Phi) is 5.07. The van der Waals surface area contributed by atoms with Crippen molar-refractivity contribution < 1.29 is 4.79 Å². The van der Waals surface area contributed by atoms with Crippen LogP contribution in [0, 0.1) is 0 Å². The Morgan fingerprint density at radius 2 is 2.04 bits per heavy atom. The summed E-state index contributed by atoms with van der Waals surface area (Å²) in [7, 11) is 0. The topological polar surface area (TPSA) is 76.9 Å². The summed E-state index contributed by atoms with van der Waals surface area (Å²) >= 11 is 1.46. The molecule has 6 nitrogen and oxygen atoms in total. The zero-order valence-electron chi connectivity index (χ0n) is 12.6. The number of aromatic nitrogens is 3. The van der Waals surface area contributed by atoms with Crippen LogP contribution < -0.4 is 10.9 Å². The molecule has 120 valence electrons. The van der Waals surface area contributed by atoms with Gasteiger partial charge in [-0.15, -0.1) is 11.8 Å². The van der Waals surface area contributed by atoms with Crippen molar-refractivity contribution in [2.45, 2.75) is 30.2 Å². The van der Waals surface area contributed by atoms with E-state index in [1.807, 2.05) is 12.1 Å². The molecule has 2 aromatic rings. The molecular weight excluding hydrogens is 312 g/mol. The van der Waals surface area contributed by atoms with Crippen molar-refractivity contribution in [3.63, 3.8) is 0 Å². The summed E-state index contributed by atoms with van der Waals surface area (Å²) in [4.78, 5) is 28.5. The van der Waals surface area contributed by atoms with E-state index in [4.69, 9.17) is 0 Å². The lowest BCUT2D eigenvalue weighted by molar-refractivity contribution is -0.118. The van der Waals surface area contributed by atoms with Gasteiger partial charge in [0.25, 0.3) is 5.56 Å². The summed E-state index contributed by atoms with van der Waals surface area (Å²) < 4.78 is 1.43. The van der Waals surface area contributed by atoms with E-state index in [9.17, 15) is 9.59 Å². The maximum absolute atomic E-state index is 11.8. The SMILES string of the molecule is O=C(CSc1ccncc1)NCCn1nc(C2CC2)ccc1=O. The highest BCUT2D eigenvalue weighted by Crippen LogP contribution is 2.38. The Balaban J connectivity index is 1.44. The summed E-state index contributed by atoms with van der Waals surface area (Å²) in [5.41, 5.74) is 0.846. The minimum atomic E-state index is -0.130. The number of amides is 1. The van der Waals surface area contributed by atoms with Crippen LogP contribution >= 0.6 is 11.8 Å². The molecule has 0 aliphatic heterocycles. The third-order valence-corrected chi connectivity index (χ3v) is 4.56. The van der Waals surface area contributed by atoms with Gasteiger partial charge in [-0.3, -0.25) is 14.6 Å². The van der Waals surface area contributed by atoms with E-state index in [1.54, 1.807) is 24.5 Å². The number of carbonyl (C=O) groups is 1. The van der Waals surface area contributed by atoms with Crippen LogP contribution in [0.25, 0.3) is 0 Å². The molecule has 1 fully saturated rings. The molecule has 0 atom stereocenters. The number of pyridine rings is 1. The molecule has 23 heavy (non-hydrogen) atoms. The molecule has 1 amide bonds. The number of hydrogen-bond acceptors (Lipinski definition) is 5. The van der Waals surface area contributed by atoms with Crippen molar-refractivity contribution in [1.82, 2.24) is 20.1 Å². The molecule has 0 saturated heterocycles. The monoisotopic (exact) mass is 330 g/mol. The largest absolute Gasteiger partial charge is 0.354 e. The van der Waals surface area contributed by atoms with Crippen molar-refractivity contribution in [2.75, 3.05) is 12.3 Å². The fourth-order valence-electron chi connectivity index (χ4n) is 2.16. The quantitative estimate of drug-likeness (QED) is 0.777. The van der Waals surface area contributed by atoms with E-state index in [2.05, 4.69) is 15.4 Å². The van der Waals surface area contributed by atoms with Gasteiger partial charge >= 0.3 is 0 Å². The van der Waals surface area contributed by atoms with Crippen LogP contribution in [0.15, 0.2) is 46.3 Å². The Morgan fingerprint density at radius 1 is 1.26 bits per heavy atom. The highest BCUT2D eigenvalue weighted by Gasteiger charge is 2.25. The molecule has 7 heteroatoms. The van der Waals surface area contributed by atoms with E-state index in [1.165, 1.54) is 16.4 Å². The molecule has 1 saturated carbocycles. The van der Waals surface area contributed by atoms with Gasteiger partial charge in [0.05, 0.1) is 18.0 Å². The standard InChI is InChI=1S/C16H18N4O2S/c21-15(11-23-13-5-7-17-8-6-13)18-9-10-20-16(22)4-3-14(19-20)12-1-2-12/h3-8,12H,1-2,9-11H2,(H,18,21). The molecule has 2 heterocycles. The molecule has 0 radical (unpaired) electrons. The fraction of sp³-hybridized carbons (Fsp3) is 0.375. The minimum Gasteiger partial charge on any atom is -0.354 e. The Morgan fingerprint density at radius 3 is 2.78 bits per heavy atom. The van der Waals surface area contributed by atoms with Crippen molar-refractivity contribution in [3.05, 3.63) is 52.7 Å². The minimum absolute atomic E-state index is 0.0572. The molecule has 0 unspecified atom stereocenters. The van der Waals surface area contributed by atoms with Gasteiger partial charge in [-0.2, -0.15) is 5.10 Å². The van der Waals surface area contributed by atoms with Gasteiger partial charge < -0.3 is 5.32 Å². The first-order chi connectivity index (χ1) is 11.2. The van der Waals surface area contributed by atoms with Gasteiger partial charge in [0.1, 0.15) is 0 Å². The third-order valence-electron chi connectivity index (χ3n) is 3.55.